The fraction of sp³-hybridized carbons (Fsp3) is 0.786. The van der Waals surface area contributed by atoms with E-state index in [2.05, 4.69) is 10.3 Å². The second kappa shape index (κ2) is 4.79. The molecule has 6 nitrogen and oxygen atoms in total. The third kappa shape index (κ3) is 2.13. The van der Waals surface area contributed by atoms with Crippen molar-refractivity contribution < 1.29 is 8.42 Å². The first-order valence-electron chi connectivity index (χ1n) is 7.90. The predicted octanol–water partition coefficient (Wildman–Crippen LogP) is 0.736. The van der Waals surface area contributed by atoms with Crippen molar-refractivity contribution in [3.8, 4) is 0 Å². The van der Waals surface area contributed by atoms with Gasteiger partial charge in [-0.2, -0.15) is 4.31 Å². The van der Waals surface area contributed by atoms with Crippen molar-refractivity contribution >= 4 is 10.0 Å². The van der Waals surface area contributed by atoms with E-state index in [-0.39, 0.29) is 5.54 Å². The van der Waals surface area contributed by atoms with E-state index >= 15 is 0 Å². The van der Waals surface area contributed by atoms with Gasteiger partial charge in [-0.25, -0.2) is 13.4 Å². The van der Waals surface area contributed by atoms with Gasteiger partial charge in [0.2, 0.25) is 0 Å². The molecule has 0 amide bonds. The second-order valence-electron chi connectivity index (χ2n) is 6.52. The Labute approximate surface area is 125 Å². The van der Waals surface area contributed by atoms with E-state index in [0.717, 1.165) is 57.4 Å². The van der Waals surface area contributed by atoms with E-state index in [1.54, 1.807) is 10.5 Å². The topological polar surface area (TPSA) is 67.2 Å². The standard InChI is InChI=1S/C14H22N4O2S/c19-21(20,13-10-15-12-4-1-2-8-18(12)13)17-9-6-14(11-17)5-3-7-16-14/h10,16H,1-9,11H2. The van der Waals surface area contributed by atoms with Crippen LogP contribution in [0, 0.1) is 0 Å². The number of hydrogen-bond donors (Lipinski definition) is 1. The number of aromatic nitrogens is 2. The van der Waals surface area contributed by atoms with E-state index in [4.69, 9.17) is 0 Å². The van der Waals surface area contributed by atoms with Gasteiger partial charge in [0, 0.05) is 31.6 Å². The summed E-state index contributed by atoms with van der Waals surface area (Å²) in [6.45, 7) is 3.02. The maximum absolute atomic E-state index is 12.9. The Morgan fingerprint density at radius 1 is 1.19 bits per heavy atom. The molecular formula is C14H22N4O2S. The first kappa shape index (κ1) is 13.7. The molecule has 1 spiro atoms. The lowest BCUT2D eigenvalue weighted by Crippen LogP contribution is -2.43. The summed E-state index contributed by atoms with van der Waals surface area (Å²) in [6, 6.07) is 0. The van der Waals surface area contributed by atoms with Crippen LogP contribution >= 0.6 is 0 Å². The summed E-state index contributed by atoms with van der Waals surface area (Å²) in [4.78, 5) is 4.32. The van der Waals surface area contributed by atoms with Crippen LogP contribution in [-0.4, -0.2) is 47.4 Å². The summed E-state index contributed by atoms with van der Waals surface area (Å²) in [7, 11) is -3.41. The highest BCUT2D eigenvalue weighted by Crippen LogP contribution is 2.33. The van der Waals surface area contributed by atoms with E-state index in [1.807, 2.05) is 4.57 Å². The summed E-state index contributed by atoms with van der Waals surface area (Å²) < 4.78 is 29.5. The van der Waals surface area contributed by atoms with Gasteiger partial charge in [0.15, 0.2) is 5.03 Å². The van der Waals surface area contributed by atoms with Crippen molar-refractivity contribution in [1.82, 2.24) is 19.2 Å². The SMILES string of the molecule is O=S(=O)(c1cnc2n1CCCC2)N1CCC2(CCCN2)C1. The van der Waals surface area contributed by atoms with Crippen LogP contribution in [0.2, 0.25) is 0 Å². The Bertz CT molecular complexity index is 646. The molecule has 0 bridgehead atoms. The molecule has 4 heterocycles. The number of hydrogen-bond acceptors (Lipinski definition) is 4. The molecule has 1 atom stereocenters. The third-order valence-electron chi connectivity index (χ3n) is 5.19. The molecule has 0 aromatic carbocycles. The molecule has 116 valence electrons. The Hall–Kier alpha value is -0.920. The number of aryl methyl sites for hydroxylation is 1. The number of sulfonamides is 1. The molecule has 1 N–H and O–H groups in total. The summed E-state index contributed by atoms with van der Waals surface area (Å²) in [5.41, 5.74) is 0.0256. The van der Waals surface area contributed by atoms with Gasteiger partial charge in [-0.1, -0.05) is 0 Å². The lowest BCUT2D eigenvalue weighted by molar-refractivity contribution is 0.378. The molecule has 2 saturated heterocycles. The fourth-order valence-corrected chi connectivity index (χ4v) is 5.66. The first-order chi connectivity index (χ1) is 10.1. The van der Waals surface area contributed by atoms with Crippen LogP contribution in [-0.2, 0) is 23.0 Å². The average molecular weight is 310 g/mol. The van der Waals surface area contributed by atoms with Gasteiger partial charge in [0.05, 0.1) is 6.20 Å². The molecule has 2 fully saturated rings. The van der Waals surface area contributed by atoms with Crippen LogP contribution in [0.25, 0.3) is 0 Å². The quantitative estimate of drug-likeness (QED) is 0.875. The van der Waals surface area contributed by atoms with Crippen LogP contribution in [0.4, 0.5) is 0 Å². The number of fused-ring (bicyclic) bond motifs is 1. The molecule has 4 rings (SSSR count). The van der Waals surface area contributed by atoms with Gasteiger partial charge in [0.1, 0.15) is 5.82 Å². The van der Waals surface area contributed by atoms with Crippen molar-refractivity contribution in [3.63, 3.8) is 0 Å². The summed E-state index contributed by atoms with van der Waals surface area (Å²) in [5, 5.41) is 3.91. The minimum atomic E-state index is -3.41. The molecule has 1 unspecified atom stereocenters. The zero-order valence-electron chi connectivity index (χ0n) is 12.2. The average Bonchev–Trinajstić information content (AvgIpc) is 3.20. The fourth-order valence-electron chi connectivity index (χ4n) is 3.98. The van der Waals surface area contributed by atoms with E-state index < -0.39 is 10.0 Å². The van der Waals surface area contributed by atoms with Crippen molar-refractivity contribution in [2.24, 2.45) is 0 Å². The Morgan fingerprint density at radius 3 is 2.90 bits per heavy atom. The highest BCUT2D eigenvalue weighted by atomic mass is 32.2. The Morgan fingerprint density at radius 2 is 2.10 bits per heavy atom. The number of imidazole rings is 1. The van der Waals surface area contributed by atoms with Crippen molar-refractivity contribution in [3.05, 3.63) is 12.0 Å². The molecule has 0 saturated carbocycles. The van der Waals surface area contributed by atoms with E-state index in [9.17, 15) is 8.42 Å². The lowest BCUT2D eigenvalue weighted by atomic mass is 9.97. The van der Waals surface area contributed by atoms with Crippen LogP contribution in [0.15, 0.2) is 11.2 Å². The molecule has 21 heavy (non-hydrogen) atoms. The van der Waals surface area contributed by atoms with Gasteiger partial charge in [-0.15, -0.1) is 0 Å². The van der Waals surface area contributed by atoms with Crippen LogP contribution in [0.3, 0.4) is 0 Å². The largest absolute Gasteiger partial charge is 0.318 e. The maximum Gasteiger partial charge on any atom is 0.260 e. The highest BCUT2D eigenvalue weighted by molar-refractivity contribution is 7.89. The molecule has 3 aliphatic rings. The second-order valence-corrected chi connectivity index (χ2v) is 8.41. The number of rotatable bonds is 2. The molecule has 0 aliphatic carbocycles. The molecule has 1 aromatic rings. The highest BCUT2D eigenvalue weighted by Gasteiger charge is 2.45. The van der Waals surface area contributed by atoms with Gasteiger partial charge in [-0.05, 0) is 38.6 Å². The molecule has 0 radical (unpaired) electrons. The van der Waals surface area contributed by atoms with E-state index in [0.29, 0.717) is 18.1 Å². The number of nitrogens with one attached hydrogen (secondary N) is 1. The smallest absolute Gasteiger partial charge is 0.260 e. The van der Waals surface area contributed by atoms with Gasteiger partial charge in [0.25, 0.3) is 10.0 Å². The normalized spacial score (nSPS) is 30.1. The third-order valence-corrected chi connectivity index (χ3v) is 7.03. The van der Waals surface area contributed by atoms with Crippen LogP contribution < -0.4 is 5.32 Å². The van der Waals surface area contributed by atoms with Gasteiger partial charge < -0.3 is 9.88 Å². The molecule has 7 heteroatoms. The molecule has 1 aromatic heterocycles. The zero-order chi connectivity index (χ0) is 14.5. The van der Waals surface area contributed by atoms with Crippen molar-refractivity contribution in [2.75, 3.05) is 19.6 Å². The minimum Gasteiger partial charge on any atom is -0.318 e. The van der Waals surface area contributed by atoms with Crippen LogP contribution in [0.5, 0.6) is 0 Å². The summed E-state index contributed by atoms with van der Waals surface area (Å²) in [6.07, 6.45) is 7.75. The molecule has 3 aliphatic heterocycles. The van der Waals surface area contributed by atoms with Crippen molar-refractivity contribution in [2.45, 2.75) is 55.6 Å². The minimum absolute atomic E-state index is 0.0256. The van der Waals surface area contributed by atoms with Crippen molar-refractivity contribution in [1.29, 1.82) is 0 Å². The maximum atomic E-state index is 12.9. The van der Waals surface area contributed by atoms with Gasteiger partial charge >= 0.3 is 0 Å². The summed E-state index contributed by atoms with van der Waals surface area (Å²) >= 11 is 0. The Balaban J connectivity index is 1.64. The molecular weight excluding hydrogens is 288 g/mol. The monoisotopic (exact) mass is 310 g/mol. The number of nitrogens with zero attached hydrogens (tertiary/aromatic N) is 3. The van der Waals surface area contributed by atoms with E-state index in [1.165, 1.54) is 0 Å². The lowest BCUT2D eigenvalue weighted by Gasteiger charge is -2.24. The first-order valence-corrected chi connectivity index (χ1v) is 9.34. The summed E-state index contributed by atoms with van der Waals surface area (Å²) in [5.74, 6) is 0.924. The van der Waals surface area contributed by atoms with Gasteiger partial charge in [-0.3, -0.25) is 0 Å². The predicted molar refractivity (Wildman–Crippen MR) is 78.5 cm³/mol. The van der Waals surface area contributed by atoms with Crippen LogP contribution in [0.1, 0.15) is 37.9 Å². The zero-order valence-corrected chi connectivity index (χ0v) is 13.0. The Kier molecular flexibility index (Phi) is 3.13.